The Kier molecular flexibility index (Phi) is 4.34. The maximum Gasteiger partial charge on any atom is 0.152 e. The number of benzene rings is 1. The van der Waals surface area contributed by atoms with Gasteiger partial charge in [-0.05, 0) is 37.1 Å². The minimum Gasteiger partial charge on any atom is -0.496 e. The fourth-order valence-corrected chi connectivity index (χ4v) is 1.95. The van der Waals surface area contributed by atoms with E-state index in [1.165, 1.54) is 0 Å². The van der Waals surface area contributed by atoms with Crippen molar-refractivity contribution < 1.29 is 4.74 Å². The summed E-state index contributed by atoms with van der Waals surface area (Å²) in [5, 5.41) is 3.30. The number of hydrogen-bond acceptors (Lipinski definition) is 4. The molecular formula is C15H19N3O. The zero-order valence-electron chi connectivity index (χ0n) is 11.6. The Morgan fingerprint density at radius 1 is 1.21 bits per heavy atom. The highest BCUT2D eigenvalue weighted by atomic mass is 16.5. The second-order valence-electron chi connectivity index (χ2n) is 4.36. The molecule has 19 heavy (non-hydrogen) atoms. The fourth-order valence-electron chi connectivity index (χ4n) is 1.95. The largest absolute Gasteiger partial charge is 0.496 e. The molecule has 0 atom stereocenters. The van der Waals surface area contributed by atoms with Crippen molar-refractivity contribution in [2.45, 2.75) is 20.3 Å². The number of rotatable bonds is 5. The second kappa shape index (κ2) is 6.18. The molecule has 0 radical (unpaired) electrons. The van der Waals surface area contributed by atoms with Crippen LogP contribution in [0.4, 0.5) is 5.82 Å². The van der Waals surface area contributed by atoms with Gasteiger partial charge in [0, 0.05) is 24.5 Å². The summed E-state index contributed by atoms with van der Waals surface area (Å²) in [6.45, 7) is 5.04. The second-order valence-corrected chi connectivity index (χ2v) is 4.36. The third-order valence-electron chi connectivity index (χ3n) is 2.91. The van der Waals surface area contributed by atoms with Crippen molar-refractivity contribution in [3.63, 3.8) is 0 Å². The molecule has 0 bridgehead atoms. The van der Waals surface area contributed by atoms with E-state index in [0.29, 0.717) is 0 Å². The molecule has 1 aromatic heterocycles. The average molecular weight is 257 g/mol. The lowest BCUT2D eigenvalue weighted by Gasteiger charge is -2.11. The van der Waals surface area contributed by atoms with E-state index in [1.54, 1.807) is 19.5 Å². The summed E-state index contributed by atoms with van der Waals surface area (Å²) in [5.74, 6) is 1.71. The van der Waals surface area contributed by atoms with Crippen LogP contribution in [0, 0.1) is 6.92 Å². The molecular weight excluding hydrogens is 238 g/mol. The molecule has 0 aliphatic heterocycles. The molecule has 4 heteroatoms. The summed E-state index contributed by atoms with van der Waals surface area (Å²) < 4.78 is 5.28. The van der Waals surface area contributed by atoms with Crippen LogP contribution >= 0.6 is 0 Å². The monoisotopic (exact) mass is 257 g/mol. The Morgan fingerprint density at radius 2 is 2.00 bits per heavy atom. The molecule has 0 amide bonds. The lowest BCUT2D eigenvalue weighted by Crippen LogP contribution is -2.04. The first-order chi connectivity index (χ1) is 9.26. The first kappa shape index (κ1) is 13.3. The number of aryl methyl sites for hydroxylation is 1. The summed E-state index contributed by atoms with van der Waals surface area (Å²) in [5.41, 5.74) is 3.01. The van der Waals surface area contributed by atoms with Crippen molar-refractivity contribution in [2.75, 3.05) is 19.0 Å². The quantitative estimate of drug-likeness (QED) is 0.893. The van der Waals surface area contributed by atoms with Gasteiger partial charge in [0.25, 0.3) is 0 Å². The standard InChI is InChI=1S/C15H19N3O/c1-4-7-17-15-14(16-8-9-18-15)12-5-6-13(19-3)11(2)10-12/h5-6,8-10H,4,7H2,1-3H3,(H,17,18). The molecule has 0 aliphatic carbocycles. The van der Waals surface area contributed by atoms with Crippen molar-refractivity contribution in [1.29, 1.82) is 0 Å². The molecule has 100 valence electrons. The van der Waals surface area contributed by atoms with E-state index in [-0.39, 0.29) is 0 Å². The van der Waals surface area contributed by atoms with Gasteiger partial charge in [0.05, 0.1) is 7.11 Å². The summed E-state index contributed by atoms with van der Waals surface area (Å²) >= 11 is 0. The van der Waals surface area contributed by atoms with Crippen LogP contribution in [-0.2, 0) is 0 Å². The van der Waals surface area contributed by atoms with Crippen LogP contribution < -0.4 is 10.1 Å². The van der Waals surface area contributed by atoms with Gasteiger partial charge in [-0.1, -0.05) is 6.92 Å². The summed E-state index contributed by atoms with van der Waals surface area (Å²) in [6, 6.07) is 6.04. The molecule has 1 N–H and O–H groups in total. The molecule has 0 fully saturated rings. The summed E-state index contributed by atoms with van der Waals surface area (Å²) in [4.78, 5) is 8.79. The molecule has 0 aliphatic rings. The van der Waals surface area contributed by atoms with Crippen LogP contribution in [0.1, 0.15) is 18.9 Å². The van der Waals surface area contributed by atoms with Crippen LogP contribution in [0.5, 0.6) is 5.75 Å². The number of anilines is 1. The van der Waals surface area contributed by atoms with Gasteiger partial charge < -0.3 is 10.1 Å². The number of ether oxygens (including phenoxy) is 1. The van der Waals surface area contributed by atoms with Gasteiger partial charge in [-0.2, -0.15) is 0 Å². The van der Waals surface area contributed by atoms with Crippen LogP contribution in [0.25, 0.3) is 11.3 Å². The normalized spacial score (nSPS) is 10.3. The van der Waals surface area contributed by atoms with Gasteiger partial charge >= 0.3 is 0 Å². The van der Waals surface area contributed by atoms with Gasteiger partial charge in [0.2, 0.25) is 0 Å². The zero-order valence-corrected chi connectivity index (χ0v) is 11.6. The minimum atomic E-state index is 0.828. The smallest absolute Gasteiger partial charge is 0.152 e. The Morgan fingerprint density at radius 3 is 2.68 bits per heavy atom. The fraction of sp³-hybridized carbons (Fsp3) is 0.333. The molecule has 0 spiro atoms. The molecule has 1 heterocycles. The minimum absolute atomic E-state index is 0.828. The Balaban J connectivity index is 2.38. The number of aromatic nitrogens is 2. The molecule has 0 saturated heterocycles. The van der Waals surface area contributed by atoms with Gasteiger partial charge in [-0.3, -0.25) is 4.98 Å². The van der Waals surface area contributed by atoms with Gasteiger partial charge in [-0.15, -0.1) is 0 Å². The average Bonchev–Trinajstić information content (AvgIpc) is 2.45. The van der Waals surface area contributed by atoms with Crippen LogP contribution in [-0.4, -0.2) is 23.6 Å². The first-order valence-electron chi connectivity index (χ1n) is 6.46. The predicted molar refractivity (Wildman–Crippen MR) is 77.5 cm³/mol. The van der Waals surface area contributed by atoms with E-state index in [1.807, 2.05) is 19.1 Å². The van der Waals surface area contributed by atoms with Gasteiger partial charge in [-0.25, -0.2) is 4.98 Å². The van der Waals surface area contributed by atoms with E-state index < -0.39 is 0 Å². The van der Waals surface area contributed by atoms with E-state index in [2.05, 4.69) is 28.3 Å². The van der Waals surface area contributed by atoms with Crippen molar-refractivity contribution in [2.24, 2.45) is 0 Å². The lowest BCUT2D eigenvalue weighted by atomic mass is 10.1. The lowest BCUT2D eigenvalue weighted by molar-refractivity contribution is 0.412. The van der Waals surface area contributed by atoms with Crippen LogP contribution in [0.3, 0.4) is 0 Å². The highest BCUT2D eigenvalue weighted by molar-refractivity contribution is 5.72. The molecule has 4 nitrogen and oxygen atoms in total. The molecule has 2 aromatic rings. The topological polar surface area (TPSA) is 47.0 Å². The highest BCUT2D eigenvalue weighted by Crippen LogP contribution is 2.28. The Labute approximate surface area is 113 Å². The number of nitrogens with one attached hydrogen (secondary N) is 1. The van der Waals surface area contributed by atoms with Gasteiger partial charge in [0.15, 0.2) is 5.82 Å². The molecule has 0 saturated carbocycles. The zero-order chi connectivity index (χ0) is 13.7. The Bertz CT molecular complexity index is 555. The SMILES string of the molecule is CCCNc1nccnc1-c1ccc(OC)c(C)c1. The van der Waals surface area contributed by atoms with Crippen molar-refractivity contribution in [3.8, 4) is 17.0 Å². The van der Waals surface area contributed by atoms with Crippen molar-refractivity contribution in [1.82, 2.24) is 9.97 Å². The van der Waals surface area contributed by atoms with Crippen molar-refractivity contribution in [3.05, 3.63) is 36.2 Å². The number of hydrogen-bond donors (Lipinski definition) is 1. The van der Waals surface area contributed by atoms with Crippen LogP contribution in [0.2, 0.25) is 0 Å². The number of nitrogens with zero attached hydrogens (tertiary/aromatic N) is 2. The van der Waals surface area contributed by atoms with Crippen molar-refractivity contribution >= 4 is 5.82 Å². The Hall–Kier alpha value is -2.10. The maximum atomic E-state index is 5.28. The van der Waals surface area contributed by atoms with Crippen LogP contribution in [0.15, 0.2) is 30.6 Å². The third-order valence-corrected chi connectivity index (χ3v) is 2.91. The third kappa shape index (κ3) is 3.02. The first-order valence-corrected chi connectivity index (χ1v) is 6.46. The highest BCUT2D eigenvalue weighted by Gasteiger charge is 2.09. The molecule has 1 aromatic carbocycles. The van der Waals surface area contributed by atoms with E-state index >= 15 is 0 Å². The maximum absolute atomic E-state index is 5.28. The van der Waals surface area contributed by atoms with Gasteiger partial charge in [0.1, 0.15) is 11.4 Å². The van der Waals surface area contributed by atoms with E-state index in [9.17, 15) is 0 Å². The predicted octanol–water partition coefficient (Wildman–Crippen LogP) is 3.28. The summed E-state index contributed by atoms with van der Waals surface area (Å²) in [6.07, 6.45) is 4.47. The van der Waals surface area contributed by atoms with E-state index in [4.69, 9.17) is 4.74 Å². The van der Waals surface area contributed by atoms with E-state index in [0.717, 1.165) is 41.4 Å². The number of methoxy groups -OCH3 is 1. The summed E-state index contributed by atoms with van der Waals surface area (Å²) in [7, 11) is 1.68. The molecule has 2 rings (SSSR count). The molecule has 0 unspecified atom stereocenters.